The lowest BCUT2D eigenvalue weighted by Crippen LogP contribution is -2.24. The van der Waals surface area contributed by atoms with Gasteiger partial charge in [-0.15, -0.1) is 0 Å². The van der Waals surface area contributed by atoms with Crippen LogP contribution >= 0.6 is 0 Å². The first-order valence-corrected chi connectivity index (χ1v) is 7.71. The Kier molecular flexibility index (Phi) is 3.44. The molecule has 2 N–H and O–H groups in total. The van der Waals surface area contributed by atoms with E-state index in [1.807, 2.05) is 6.07 Å². The molecule has 0 atom stereocenters. The molecule has 0 saturated heterocycles. The Morgan fingerprint density at radius 3 is 2.76 bits per heavy atom. The van der Waals surface area contributed by atoms with Gasteiger partial charge < -0.3 is 4.98 Å². The maximum atomic E-state index is 13.5. The van der Waals surface area contributed by atoms with Gasteiger partial charge in [0, 0.05) is 17.3 Å². The van der Waals surface area contributed by atoms with Gasteiger partial charge in [0.15, 0.2) is 0 Å². The third-order valence-electron chi connectivity index (χ3n) is 3.03. The molecule has 2 heterocycles. The molecule has 7 heteroatoms. The van der Waals surface area contributed by atoms with Gasteiger partial charge in [-0.25, -0.2) is 22.5 Å². The smallest absolute Gasteiger partial charge is 0.243 e. The van der Waals surface area contributed by atoms with Crippen LogP contribution in [0.15, 0.2) is 53.6 Å². The highest BCUT2D eigenvalue weighted by Crippen LogP contribution is 2.15. The number of sulfonamides is 1. The summed E-state index contributed by atoms with van der Waals surface area (Å²) in [7, 11) is -3.89. The Bertz CT molecular complexity index is 857. The Balaban J connectivity index is 1.82. The highest BCUT2D eigenvalue weighted by molar-refractivity contribution is 7.89. The first-order chi connectivity index (χ1) is 10.1. The number of benzene rings is 1. The standard InChI is InChI=1S/C14H12FN3O2S/c15-12-5-1-2-6-13(12)21(19,20)17-9-11-8-10-4-3-7-16-14(10)18-11/h1-8,17H,9H2,(H,16,18). The van der Waals surface area contributed by atoms with E-state index in [2.05, 4.69) is 14.7 Å². The minimum absolute atomic E-state index is 0.0347. The predicted molar refractivity (Wildman–Crippen MR) is 76.5 cm³/mol. The Labute approximate surface area is 120 Å². The summed E-state index contributed by atoms with van der Waals surface area (Å²) in [6, 6.07) is 10.7. The fourth-order valence-electron chi connectivity index (χ4n) is 2.02. The molecule has 0 spiro atoms. The van der Waals surface area contributed by atoms with Gasteiger partial charge in [0.05, 0.1) is 6.54 Å². The Morgan fingerprint density at radius 2 is 2.00 bits per heavy atom. The normalized spacial score (nSPS) is 11.9. The van der Waals surface area contributed by atoms with Crippen LogP contribution in [0.5, 0.6) is 0 Å². The lowest BCUT2D eigenvalue weighted by Gasteiger charge is -2.06. The van der Waals surface area contributed by atoms with Gasteiger partial charge in [0.25, 0.3) is 0 Å². The minimum atomic E-state index is -3.89. The van der Waals surface area contributed by atoms with E-state index in [1.54, 1.807) is 18.3 Å². The topological polar surface area (TPSA) is 74.8 Å². The van der Waals surface area contributed by atoms with Gasteiger partial charge in [0.2, 0.25) is 10.0 Å². The number of hydrogen-bond acceptors (Lipinski definition) is 3. The molecular weight excluding hydrogens is 293 g/mol. The van der Waals surface area contributed by atoms with Crippen molar-refractivity contribution in [3.63, 3.8) is 0 Å². The summed E-state index contributed by atoms with van der Waals surface area (Å²) in [4.78, 5) is 6.77. The third-order valence-corrected chi connectivity index (χ3v) is 4.46. The second kappa shape index (κ2) is 5.27. The van der Waals surface area contributed by atoms with E-state index in [0.717, 1.165) is 11.5 Å². The van der Waals surface area contributed by atoms with Crippen molar-refractivity contribution in [3.8, 4) is 0 Å². The van der Waals surface area contributed by atoms with Crippen LogP contribution in [0.25, 0.3) is 11.0 Å². The van der Waals surface area contributed by atoms with Crippen LogP contribution in [-0.2, 0) is 16.6 Å². The number of H-pyrrole nitrogens is 1. The van der Waals surface area contributed by atoms with E-state index in [4.69, 9.17) is 0 Å². The van der Waals surface area contributed by atoms with Crippen LogP contribution in [-0.4, -0.2) is 18.4 Å². The summed E-state index contributed by atoms with van der Waals surface area (Å²) in [5, 5.41) is 0.887. The molecule has 0 unspecified atom stereocenters. The van der Waals surface area contributed by atoms with E-state index in [1.165, 1.54) is 18.2 Å². The molecule has 0 saturated carbocycles. The zero-order chi connectivity index (χ0) is 14.9. The van der Waals surface area contributed by atoms with Crippen molar-refractivity contribution in [2.24, 2.45) is 0 Å². The maximum Gasteiger partial charge on any atom is 0.243 e. The van der Waals surface area contributed by atoms with E-state index in [9.17, 15) is 12.8 Å². The second-order valence-corrected chi connectivity index (χ2v) is 6.23. The average molecular weight is 305 g/mol. The zero-order valence-electron chi connectivity index (χ0n) is 10.9. The van der Waals surface area contributed by atoms with E-state index in [-0.39, 0.29) is 11.4 Å². The van der Waals surface area contributed by atoms with Crippen LogP contribution in [0, 0.1) is 5.82 Å². The number of pyridine rings is 1. The van der Waals surface area contributed by atoms with Crippen LogP contribution in [0.2, 0.25) is 0 Å². The van der Waals surface area contributed by atoms with Crippen LogP contribution in [0.4, 0.5) is 4.39 Å². The van der Waals surface area contributed by atoms with Gasteiger partial charge in [-0.3, -0.25) is 0 Å². The van der Waals surface area contributed by atoms with Crippen molar-refractivity contribution in [2.75, 3.05) is 0 Å². The SMILES string of the molecule is O=S(=O)(NCc1cc2cccnc2[nH]1)c1ccccc1F. The summed E-state index contributed by atoms with van der Waals surface area (Å²) in [5.74, 6) is -0.775. The lowest BCUT2D eigenvalue weighted by molar-refractivity contribution is 0.556. The quantitative estimate of drug-likeness (QED) is 0.776. The Morgan fingerprint density at radius 1 is 1.19 bits per heavy atom. The molecule has 108 valence electrons. The van der Waals surface area contributed by atoms with Crippen molar-refractivity contribution in [2.45, 2.75) is 11.4 Å². The molecule has 0 bridgehead atoms. The Hall–Kier alpha value is -2.25. The highest BCUT2D eigenvalue weighted by atomic mass is 32.2. The largest absolute Gasteiger partial charge is 0.342 e. The molecule has 1 aromatic carbocycles. The summed E-state index contributed by atoms with van der Waals surface area (Å²) < 4.78 is 40.0. The first kappa shape index (κ1) is 13.7. The van der Waals surface area contributed by atoms with Crippen molar-refractivity contribution < 1.29 is 12.8 Å². The molecule has 3 aromatic rings. The molecule has 0 radical (unpaired) electrons. The summed E-state index contributed by atoms with van der Waals surface area (Å²) >= 11 is 0. The summed E-state index contributed by atoms with van der Waals surface area (Å²) in [5.41, 5.74) is 1.33. The monoisotopic (exact) mass is 305 g/mol. The molecule has 0 aliphatic rings. The molecule has 3 rings (SSSR count). The minimum Gasteiger partial charge on any atom is -0.342 e. The van der Waals surface area contributed by atoms with Crippen LogP contribution in [0.1, 0.15) is 5.69 Å². The van der Waals surface area contributed by atoms with Gasteiger partial charge in [0.1, 0.15) is 16.4 Å². The van der Waals surface area contributed by atoms with Crippen LogP contribution < -0.4 is 4.72 Å². The van der Waals surface area contributed by atoms with Gasteiger partial charge in [-0.1, -0.05) is 12.1 Å². The van der Waals surface area contributed by atoms with Crippen molar-refractivity contribution >= 4 is 21.1 Å². The second-order valence-electron chi connectivity index (χ2n) is 4.49. The van der Waals surface area contributed by atoms with E-state index >= 15 is 0 Å². The number of fused-ring (bicyclic) bond motifs is 1. The lowest BCUT2D eigenvalue weighted by atomic mass is 10.3. The van der Waals surface area contributed by atoms with Crippen molar-refractivity contribution in [1.29, 1.82) is 0 Å². The molecule has 0 aliphatic heterocycles. The number of nitrogens with zero attached hydrogens (tertiary/aromatic N) is 1. The average Bonchev–Trinajstić information content (AvgIpc) is 2.88. The molecule has 0 aliphatic carbocycles. The molecule has 0 amide bonds. The number of rotatable bonds is 4. The number of halogens is 1. The maximum absolute atomic E-state index is 13.5. The van der Waals surface area contributed by atoms with Gasteiger partial charge in [-0.05, 0) is 30.3 Å². The molecule has 0 fully saturated rings. The van der Waals surface area contributed by atoms with Gasteiger partial charge in [-0.2, -0.15) is 0 Å². The van der Waals surface area contributed by atoms with E-state index in [0.29, 0.717) is 11.3 Å². The summed E-state index contributed by atoms with van der Waals surface area (Å²) in [6.07, 6.45) is 1.64. The molecular formula is C14H12FN3O2S. The first-order valence-electron chi connectivity index (χ1n) is 6.23. The predicted octanol–water partition coefficient (Wildman–Crippen LogP) is 2.18. The van der Waals surface area contributed by atoms with Crippen molar-refractivity contribution in [3.05, 3.63) is 60.2 Å². The van der Waals surface area contributed by atoms with Crippen molar-refractivity contribution in [1.82, 2.24) is 14.7 Å². The zero-order valence-corrected chi connectivity index (χ0v) is 11.7. The van der Waals surface area contributed by atoms with E-state index < -0.39 is 15.8 Å². The van der Waals surface area contributed by atoms with Crippen LogP contribution in [0.3, 0.4) is 0 Å². The highest BCUT2D eigenvalue weighted by Gasteiger charge is 2.18. The molecule has 5 nitrogen and oxygen atoms in total. The molecule has 21 heavy (non-hydrogen) atoms. The fraction of sp³-hybridized carbons (Fsp3) is 0.0714. The third kappa shape index (κ3) is 2.79. The number of aromatic amines is 1. The number of nitrogens with one attached hydrogen (secondary N) is 2. The number of aromatic nitrogens is 2. The number of hydrogen-bond donors (Lipinski definition) is 2. The van der Waals surface area contributed by atoms with Gasteiger partial charge >= 0.3 is 0 Å². The molecule has 2 aromatic heterocycles. The summed E-state index contributed by atoms with van der Waals surface area (Å²) in [6.45, 7) is 0.0347. The fourth-order valence-corrected chi connectivity index (χ4v) is 3.11.